The molecule has 2 aliphatic heterocycles. The summed E-state index contributed by atoms with van der Waals surface area (Å²) in [6.07, 6.45) is 0. The molecule has 0 atom stereocenters. The quantitative estimate of drug-likeness (QED) is 0.651. The Labute approximate surface area is 191 Å². The van der Waals surface area contributed by atoms with Gasteiger partial charge in [0.25, 0.3) is 0 Å². The van der Waals surface area contributed by atoms with Gasteiger partial charge in [0.05, 0.1) is 35.7 Å². The van der Waals surface area contributed by atoms with Crippen molar-refractivity contribution in [2.75, 3.05) is 57.4 Å². The van der Waals surface area contributed by atoms with Crippen LogP contribution in [0.5, 0.6) is 0 Å². The third-order valence-corrected chi connectivity index (χ3v) is 6.18. The standard InChI is InChI=1S/C23H26N6O4/c1-16-20-19(26-7-9-27(10-8-26)23(32)28-11-13-33-14-12-28)15-18(22(30)31)24-21(20)29(25-16)17-5-3-2-4-6-17/h2-6,15H,7-14H2,1H3,(H,30,31). The van der Waals surface area contributed by atoms with E-state index in [0.29, 0.717) is 58.1 Å². The molecule has 0 bridgehead atoms. The number of hydrogen-bond donors (Lipinski definition) is 1. The molecule has 10 nitrogen and oxygen atoms in total. The predicted molar refractivity (Wildman–Crippen MR) is 122 cm³/mol. The maximum absolute atomic E-state index is 12.8. The number of nitrogens with zero attached hydrogens (tertiary/aromatic N) is 6. The number of aromatic nitrogens is 3. The molecular formula is C23H26N6O4. The zero-order valence-electron chi connectivity index (χ0n) is 18.5. The summed E-state index contributed by atoms with van der Waals surface area (Å²) in [5, 5.41) is 15.2. The number of morpholine rings is 1. The maximum Gasteiger partial charge on any atom is 0.354 e. The zero-order chi connectivity index (χ0) is 22.9. The van der Waals surface area contributed by atoms with Crippen LogP contribution in [0.1, 0.15) is 16.2 Å². The number of carboxylic acid groups (broad SMARTS) is 1. The molecular weight excluding hydrogens is 424 g/mol. The molecule has 1 aromatic carbocycles. The Morgan fingerprint density at radius 1 is 0.970 bits per heavy atom. The Bertz CT molecular complexity index is 1180. The topological polar surface area (TPSA) is 104 Å². The molecule has 2 aliphatic rings. The van der Waals surface area contributed by atoms with Gasteiger partial charge in [0, 0.05) is 39.3 Å². The average molecular weight is 450 g/mol. The number of carbonyl (C=O) groups excluding carboxylic acids is 1. The van der Waals surface area contributed by atoms with E-state index in [2.05, 4.69) is 15.0 Å². The second-order valence-corrected chi connectivity index (χ2v) is 8.22. The minimum absolute atomic E-state index is 0.0265. The fourth-order valence-electron chi connectivity index (χ4n) is 4.47. The van der Waals surface area contributed by atoms with Gasteiger partial charge >= 0.3 is 12.0 Å². The van der Waals surface area contributed by atoms with Gasteiger partial charge in [-0.15, -0.1) is 0 Å². The first-order chi connectivity index (χ1) is 16.0. The highest BCUT2D eigenvalue weighted by Crippen LogP contribution is 2.32. The average Bonchev–Trinajstić information content (AvgIpc) is 3.20. The molecule has 10 heteroatoms. The molecule has 0 unspecified atom stereocenters. The highest BCUT2D eigenvalue weighted by Gasteiger charge is 2.29. The van der Waals surface area contributed by atoms with E-state index >= 15 is 0 Å². The number of rotatable bonds is 3. The third kappa shape index (κ3) is 3.97. The Morgan fingerprint density at radius 2 is 1.64 bits per heavy atom. The molecule has 1 N–H and O–H groups in total. The Hall–Kier alpha value is -3.66. The SMILES string of the molecule is Cc1nn(-c2ccccc2)c2nc(C(=O)O)cc(N3CCN(C(=O)N4CCOCC4)CC3)c12. The number of piperazine rings is 1. The number of anilines is 1. The van der Waals surface area contributed by atoms with Crippen LogP contribution in [0.3, 0.4) is 0 Å². The minimum atomic E-state index is -1.09. The summed E-state index contributed by atoms with van der Waals surface area (Å²) in [7, 11) is 0. The molecule has 5 rings (SSSR count). The molecule has 0 radical (unpaired) electrons. The van der Waals surface area contributed by atoms with Crippen LogP contribution in [0.25, 0.3) is 16.7 Å². The van der Waals surface area contributed by atoms with E-state index in [-0.39, 0.29) is 11.7 Å². The highest BCUT2D eigenvalue weighted by atomic mass is 16.5. The van der Waals surface area contributed by atoms with Crippen molar-refractivity contribution in [3.8, 4) is 5.69 Å². The first-order valence-electron chi connectivity index (χ1n) is 11.1. The summed E-state index contributed by atoms with van der Waals surface area (Å²) in [6, 6.07) is 11.2. The fraction of sp³-hybridized carbons (Fsp3) is 0.391. The Balaban J connectivity index is 1.46. The van der Waals surface area contributed by atoms with Gasteiger partial charge in [-0.05, 0) is 25.1 Å². The summed E-state index contributed by atoms with van der Waals surface area (Å²) in [5.74, 6) is -1.09. The van der Waals surface area contributed by atoms with Crippen molar-refractivity contribution < 1.29 is 19.4 Å². The van der Waals surface area contributed by atoms with Gasteiger partial charge in [-0.3, -0.25) is 0 Å². The number of urea groups is 1. The second-order valence-electron chi connectivity index (χ2n) is 8.22. The number of benzene rings is 1. The molecule has 33 heavy (non-hydrogen) atoms. The number of amides is 2. The number of aryl methyl sites for hydroxylation is 1. The lowest BCUT2D eigenvalue weighted by molar-refractivity contribution is 0.0428. The fourth-order valence-corrected chi connectivity index (χ4v) is 4.47. The van der Waals surface area contributed by atoms with E-state index in [4.69, 9.17) is 4.74 Å². The number of aromatic carboxylic acids is 1. The van der Waals surface area contributed by atoms with Crippen molar-refractivity contribution in [3.05, 3.63) is 47.8 Å². The summed E-state index contributed by atoms with van der Waals surface area (Å²) < 4.78 is 7.04. The third-order valence-electron chi connectivity index (χ3n) is 6.18. The van der Waals surface area contributed by atoms with E-state index < -0.39 is 5.97 Å². The lowest BCUT2D eigenvalue weighted by Gasteiger charge is -2.39. The Morgan fingerprint density at radius 3 is 2.30 bits per heavy atom. The van der Waals surface area contributed by atoms with Crippen LogP contribution >= 0.6 is 0 Å². The van der Waals surface area contributed by atoms with Crippen LogP contribution in [-0.2, 0) is 4.74 Å². The number of para-hydroxylation sites is 1. The summed E-state index contributed by atoms with van der Waals surface area (Å²) in [6.45, 7) is 6.61. The molecule has 2 fully saturated rings. The minimum Gasteiger partial charge on any atom is -0.477 e. The number of fused-ring (bicyclic) bond motifs is 1. The van der Waals surface area contributed by atoms with Gasteiger partial charge < -0.3 is 24.5 Å². The molecule has 0 aliphatic carbocycles. The zero-order valence-corrected chi connectivity index (χ0v) is 18.5. The lowest BCUT2D eigenvalue weighted by atomic mass is 10.1. The van der Waals surface area contributed by atoms with Crippen LogP contribution in [0.15, 0.2) is 36.4 Å². The molecule has 2 saturated heterocycles. The Kier molecular flexibility index (Phi) is 5.59. The van der Waals surface area contributed by atoms with Gasteiger partial charge in [0.2, 0.25) is 0 Å². The van der Waals surface area contributed by atoms with Crippen LogP contribution in [-0.4, -0.2) is 94.2 Å². The molecule has 172 valence electrons. The maximum atomic E-state index is 12.8. The molecule has 3 aromatic rings. The normalized spacial score (nSPS) is 16.9. The summed E-state index contributed by atoms with van der Waals surface area (Å²) in [5.41, 5.74) is 2.87. The van der Waals surface area contributed by atoms with Crippen molar-refractivity contribution >= 4 is 28.7 Å². The van der Waals surface area contributed by atoms with Gasteiger partial charge in [-0.2, -0.15) is 5.10 Å². The summed E-state index contributed by atoms with van der Waals surface area (Å²) in [4.78, 5) is 35.0. The molecule has 4 heterocycles. The van der Waals surface area contributed by atoms with Gasteiger partial charge in [0.1, 0.15) is 0 Å². The predicted octanol–water partition coefficient (Wildman–Crippen LogP) is 2.00. The first kappa shape index (κ1) is 21.2. The van der Waals surface area contributed by atoms with Gasteiger partial charge in [-0.1, -0.05) is 18.2 Å². The van der Waals surface area contributed by atoms with E-state index in [1.54, 1.807) is 10.7 Å². The molecule has 2 aromatic heterocycles. The summed E-state index contributed by atoms with van der Waals surface area (Å²) >= 11 is 0. The number of pyridine rings is 1. The first-order valence-corrected chi connectivity index (χ1v) is 11.1. The smallest absolute Gasteiger partial charge is 0.354 e. The second kappa shape index (κ2) is 8.70. The largest absolute Gasteiger partial charge is 0.477 e. The molecule has 0 spiro atoms. The van der Waals surface area contributed by atoms with Crippen molar-refractivity contribution in [3.63, 3.8) is 0 Å². The van der Waals surface area contributed by atoms with E-state index in [1.165, 1.54) is 0 Å². The van der Waals surface area contributed by atoms with Crippen molar-refractivity contribution in [2.24, 2.45) is 0 Å². The van der Waals surface area contributed by atoms with Crippen molar-refractivity contribution in [1.29, 1.82) is 0 Å². The molecule has 0 saturated carbocycles. The highest BCUT2D eigenvalue weighted by molar-refractivity contribution is 5.98. The van der Waals surface area contributed by atoms with Crippen molar-refractivity contribution in [2.45, 2.75) is 6.92 Å². The number of carboxylic acids is 1. The van der Waals surface area contributed by atoms with Crippen LogP contribution in [0, 0.1) is 6.92 Å². The van der Waals surface area contributed by atoms with E-state index in [1.807, 2.05) is 47.1 Å². The number of ether oxygens (including phenoxy) is 1. The van der Waals surface area contributed by atoms with E-state index in [9.17, 15) is 14.7 Å². The number of hydrogen-bond acceptors (Lipinski definition) is 6. The van der Waals surface area contributed by atoms with Crippen LogP contribution in [0.2, 0.25) is 0 Å². The molecule has 2 amide bonds. The van der Waals surface area contributed by atoms with Crippen LogP contribution < -0.4 is 4.90 Å². The van der Waals surface area contributed by atoms with Gasteiger partial charge in [0.15, 0.2) is 11.3 Å². The van der Waals surface area contributed by atoms with Crippen LogP contribution in [0.4, 0.5) is 10.5 Å². The number of carbonyl (C=O) groups is 2. The van der Waals surface area contributed by atoms with Crippen molar-refractivity contribution in [1.82, 2.24) is 24.6 Å². The lowest BCUT2D eigenvalue weighted by Crippen LogP contribution is -2.54. The van der Waals surface area contributed by atoms with Gasteiger partial charge in [-0.25, -0.2) is 19.3 Å². The van der Waals surface area contributed by atoms with E-state index in [0.717, 1.165) is 22.5 Å². The monoisotopic (exact) mass is 450 g/mol.